The second-order valence-electron chi connectivity index (χ2n) is 6.15. The lowest BCUT2D eigenvalue weighted by atomic mass is 9.99. The predicted octanol–water partition coefficient (Wildman–Crippen LogP) is 2.19. The fourth-order valence-electron chi connectivity index (χ4n) is 2.57. The van der Waals surface area contributed by atoms with E-state index in [0.717, 1.165) is 5.56 Å². The zero-order valence-electron chi connectivity index (χ0n) is 14.0. The van der Waals surface area contributed by atoms with E-state index in [9.17, 15) is 14.3 Å². The number of aryl methyl sites for hydroxylation is 1. The number of carbonyl (C=O) groups is 1. The molecule has 0 aliphatic carbocycles. The Morgan fingerprint density at radius 2 is 2.08 bits per heavy atom. The van der Waals surface area contributed by atoms with Crippen LogP contribution in [0.15, 0.2) is 49.1 Å². The summed E-state index contributed by atoms with van der Waals surface area (Å²) in [5.74, 6) is -0.664. The average molecular weight is 342 g/mol. The van der Waals surface area contributed by atoms with Crippen molar-refractivity contribution in [2.45, 2.75) is 12.5 Å². The molecule has 0 bridgehead atoms. The predicted molar refractivity (Wildman–Crippen MR) is 91.3 cm³/mol. The van der Waals surface area contributed by atoms with Gasteiger partial charge in [-0.1, -0.05) is 12.1 Å². The fraction of sp³-hybridized carbons (Fsp3) is 0.222. The molecule has 0 radical (unpaired) electrons. The van der Waals surface area contributed by atoms with Crippen LogP contribution in [-0.2, 0) is 12.6 Å². The number of aromatic amines is 1. The third kappa shape index (κ3) is 3.61. The number of amides is 1. The molecule has 0 unspecified atom stereocenters. The number of benzene rings is 1. The largest absolute Gasteiger partial charge is 0.383 e. The molecular formula is C18H19FN4O2. The number of aromatic nitrogens is 3. The lowest BCUT2D eigenvalue weighted by molar-refractivity contribution is 0.0526. The van der Waals surface area contributed by atoms with Crippen molar-refractivity contribution in [2.75, 3.05) is 6.54 Å². The van der Waals surface area contributed by atoms with Crippen molar-refractivity contribution in [3.8, 4) is 11.1 Å². The van der Waals surface area contributed by atoms with Crippen molar-refractivity contribution in [2.24, 2.45) is 7.05 Å². The number of halogens is 1. The molecule has 3 N–H and O–H groups in total. The highest BCUT2D eigenvalue weighted by atomic mass is 19.1. The number of hydrogen-bond acceptors (Lipinski definition) is 3. The minimum absolute atomic E-state index is 0.0333. The third-order valence-electron chi connectivity index (χ3n) is 4.07. The summed E-state index contributed by atoms with van der Waals surface area (Å²) in [4.78, 5) is 15.4. The van der Waals surface area contributed by atoms with Gasteiger partial charge >= 0.3 is 0 Å². The summed E-state index contributed by atoms with van der Waals surface area (Å²) in [5.41, 5.74) is 1.19. The molecular weight excluding hydrogens is 323 g/mol. The van der Waals surface area contributed by atoms with Gasteiger partial charge in [0.05, 0.1) is 18.3 Å². The van der Waals surface area contributed by atoms with E-state index in [1.165, 1.54) is 12.1 Å². The smallest absolute Gasteiger partial charge is 0.253 e. The molecule has 25 heavy (non-hydrogen) atoms. The summed E-state index contributed by atoms with van der Waals surface area (Å²) in [7, 11) is 1.76. The van der Waals surface area contributed by atoms with E-state index in [4.69, 9.17) is 0 Å². The highest BCUT2D eigenvalue weighted by Crippen LogP contribution is 2.24. The van der Waals surface area contributed by atoms with E-state index >= 15 is 0 Å². The Morgan fingerprint density at radius 1 is 1.36 bits per heavy atom. The maximum absolute atomic E-state index is 13.1. The first-order chi connectivity index (χ1) is 11.9. The van der Waals surface area contributed by atoms with Crippen LogP contribution in [0.25, 0.3) is 11.1 Å². The molecule has 130 valence electrons. The molecule has 2 heterocycles. The highest BCUT2D eigenvalue weighted by Gasteiger charge is 2.26. The average Bonchev–Trinajstić information content (AvgIpc) is 3.23. The molecule has 3 rings (SSSR count). The molecule has 1 atom stereocenters. The molecule has 0 aliphatic rings. The van der Waals surface area contributed by atoms with Gasteiger partial charge < -0.3 is 15.4 Å². The summed E-state index contributed by atoms with van der Waals surface area (Å²) < 4.78 is 14.7. The molecule has 7 heteroatoms. The Morgan fingerprint density at radius 3 is 2.72 bits per heavy atom. The molecule has 3 aromatic rings. The number of aliphatic hydroxyl groups is 1. The molecule has 6 nitrogen and oxygen atoms in total. The summed E-state index contributed by atoms with van der Waals surface area (Å²) >= 11 is 0. The number of carbonyl (C=O) groups excluding carboxylic acids is 1. The second kappa shape index (κ2) is 6.52. The molecule has 1 aromatic carbocycles. The lowest BCUT2D eigenvalue weighted by Gasteiger charge is -2.22. The van der Waals surface area contributed by atoms with Gasteiger partial charge in [-0.25, -0.2) is 4.39 Å². The van der Waals surface area contributed by atoms with E-state index in [-0.39, 0.29) is 18.3 Å². The van der Waals surface area contributed by atoms with Gasteiger partial charge in [-0.05, 0) is 24.6 Å². The van der Waals surface area contributed by atoms with Gasteiger partial charge in [0.15, 0.2) is 0 Å². The second-order valence-corrected chi connectivity index (χ2v) is 6.15. The third-order valence-corrected chi connectivity index (χ3v) is 4.07. The van der Waals surface area contributed by atoms with Crippen molar-refractivity contribution < 1.29 is 14.3 Å². The first-order valence-corrected chi connectivity index (χ1v) is 7.79. The molecule has 1 amide bonds. The summed E-state index contributed by atoms with van der Waals surface area (Å²) in [5, 5.41) is 17.3. The van der Waals surface area contributed by atoms with Gasteiger partial charge in [0.2, 0.25) is 0 Å². The van der Waals surface area contributed by atoms with E-state index in [0.29, 0.717) is 16.7 Å². The molecule has 0 fully saturated rings. The molecule has 0 saturated carbocycles. The molecule has 0 aliphatic heterocycles. The maximum Gasteiger partial charge on any atom is 0.253 e. The van der Waals surface area contributed by atoms with Crippen molar-refractivity contribution in [1.82, 2.24) is 20.1 Å². The van der Waals surface area contributed by atoms with Gasteiger partial charge in [0.25, 0.3) is 5.91 Å². The SMILES string of the molecule is Cn1cc([C@](C)(O)CNC(=O)c2c[nH]cc2-c2ccc(F)cc2)cn1. The zero-order chi connectivity index (χ0) is 18.0. The quantitative estimate of drug-likeness (QED) is 0.665. The minimum Gasteiger partial charge on any atom is -0.383 e. The van der Waals surface area contributed by atoms with Crippen LogP contribution in [0.3, 0.4) is 0 Å². The summed E-state index contributed by atoms with van der Waals surface area (Å²) in [6, 6.07) is 5.91. The maximum atomic E-state index is 13.1. The Hall–Kier alpha value is -2.93. The van der Waals surface area contributed by atoms with Crippen LogP contribution in [0.2, 0.25) is 0 Å². The molecule has 0 saturated heterocycles. The fourth-order valence-corrected chi connectivity index (χ4v) is 2.57. The first-order valence-electron chi connectivity index (χ1n) is 7.79. The van der Waals surface area contributed by atoms with Crippen molar-refractivity contribution >= 4 is 5.91 Å². The monoisotopic (exact) mass is 342 g/mol. The van der Waals surface area contributed by atoms with Gasteiger partial charge in [-0.2, -0.15) is 5.10 Å². The number of nitrogens with zero attached hydrogens (tertiary/aromatic N) is 2. The van der Waals surface area contributed by atoms with E-state index in [1.54, 1.807) is 55.6 Å². The van der Waals surface area contributed by atoms with Gasteiger partial charge in [-0.3, -0.25) is 9.48 Å². The zero-order valence-corrected chi connectivity index (χ0v) is 14.0. The summed E-state index contributed by atoms with van der Waals surface area (Å²) in [6.45, 7) is 1.65. The Kier molecular flexibility index (Phi) is 4.41. The Labute approximate surface area is 144 Å². The van der Waals surface area contributed by atoms with E-state index in [1.807, 2.05) is 0 Å². The molecule has 2 aromatic heterocycles. The lowest BCUT2D eigenvalue weighted by Crippen LogP contribution is -2.38. The summed E-state index contributed by atoms with van der Waals surface area (Å²) in [6.07, 6.45) is 6.52. The van der Waals surface area contributed by atoms with Crippen molar-refractivity contribution in [3.63, 3.8) is 0 Å². The van der Waals surface area contributed by atoms with Crippen LogP contribution in [0.5, 0.6) is 0 Å². The van der Waals surface area contributed by atoms with Crippen LogP contribution in [0, 0.1) is 5.82 Å². The highest BCUT2D eigenvalue weighted by molar-refractivity contribution is 6.00. The topological polar surface area (TPSA) is 82.9 Å². The van der Waals surface area contributed by atoms with Crippen LogP contribution >= 0.6 is 0 Å². The standard InChI is InChI=1S/C18H19FN4O2/c1-18(25,13-7-22-23(2)10-13)11-21-17(24)16-9-20-8-15(16)12-3-5-14(19)6-4-12/h3-10,20,25H,11H2,1-2H3,(H,21,24)/t18-/m1/s1. The van der Waals surface area contributed by atoms with Gasteiger partial charge in [0, 0.05) is 36.8 Å². The van der Waals surface area contributed by atoms with Crippen LogP contribution in [0.4, 0.5) is 4.39 Å². The molecule has 0 spiro atoms. The van der Waals surface area contributed by atoms with Gasteiger partial charge in [0.1, 0.15) is 11.4 Å². The number of hydrogen-bond donors (Lipinski definition) is 3. The van der Waals surface area contributed by atoms with Crippen LogP contribution in [0.1, 0.15) is 22.8 Å². The van der Waals surface area contributed by atoms with Crippen LogP contribution in [-0.4, -0.2) is 32.3 Å². The number of rotatable bonds is 5. The first kappa shape index (κ1) is 16.9. The van der Waals surface area contributed by atoms with E-state index in [2.05, 4.69) is 15.4 Å². The number of H-pyrrole nitrogens is 1. The van der Waals surface area contributed by atoms with Crippen LogP contribution < -0.4 is 5.32 Å². The Bertz CT molecular complexity index is 881. The Balaban J connectivity index is 1.74. The number of nitrogens with one attached hydrogen (secondary N) is 2. The normalized spacial score (nSPS) is 13.4. The minimum atomic E-state index is -1.24. The van der Waals surface area contributed by atoms with Crippen molar-refractivity contribution in [1.29, 1.82) is 0 Å². The van der Waals surface area contributed by atoms with Crippen molar-refractivity contribution in [3.05, 3.63) is 66.0 Å². The van der Waals surface area contributed by atoms with E-state index < -0.39 is 5.60 Å². The van der Waals surface area contributed by atoms with Gasteiger partial charge in [-0.15, -0.1) is 0 Å².